The Bertz CT molecular complexity index is 983. The van der Waals surface area contributed by atoms with E-state index in [0.29, 0.717) is 0 Å². The van der Waals surface area contributed by atoms with E-state index in [1.807, 2.05) is 30.3 Å². The summed E-state index contributed by atoms with van der Waals surface area (Å²) in [4.78, 5) is 39.5. The first-order valence-corrected chi connectivity index (χ1v) is 10.3. The number of sulfonamides is 1. The molecule has 0 bridgehead atoms. The van der Waals surface area contributed by atoms with Crippen LogP contribution in [-0.4, -0.2) is 55.3 Å². The number of carbonyl (C=O) groups is 3. The van der Waals surface area contributed by atoms with E-state index in [0.717, 1.165) is 16.1 Å². The molecule has 0 saturated heterocycles. The average molecular weight is 434 g/mol. The van der Waals surface area contributed by atoms with E-state index < -0.39 is 40.6 Å². The van der Waals surface area contributed by atoms with Gasteiger partial charge >= 0.3 is 12.0 Å². The first-order chi connectivity index (χ1) is 14.2. The number of rotatable bonds is 8. The number of aromatic nitrogens is 1. The fraction of sp³-hybridized carbons (Fsp3) is 0.263. The first-order valence-electron chi connectivity index (χ1n) is 8.88. The van der Waals surface area contributed by atoms with Gasteiger partial charge in [0.1, 0.15) is 11.4 Å². The average Bonchev–Trinajstić information content (AvgIpc) is 2.73. The highest BCUT2D eigenvalue weighted by atomic mass is 32.2. The number of pyridine rings is 1. The van der Waals surface area contributed by atoms with Crippen LogP contribution in [0.1, 0.15) is 12.5 Å². The van der Waals surface area contributed by atoms with Gasteiger partial charge in [0.15, 0.2) is 6.10 Å². The Morgan fingerprint density at radius 2 is 1.83 bits per heavy atom. The van der Waals surface area contributed by atoms with Crippen molar-refractivity contribution in [2.24, 2.45) is 0 Å². The van der Waals surface area contributed by atoms with Gasteiger partial charge in [0.05, 0.1) is 0 Å². The number of esters is 1. The lowest BCUT2D eigenvalue weighted by Crippen LogP contribution is -2.45. The molecule has 1 atom stereocenters. The van der Waals surface area contributed by atoms with E-state index in [-0.39, 0.29) is 11.4 Å². The molecule has 30 heavy (non-hydrogen) atoms. The van der Waals surface area contributed by atoms with Crippen molar-refractivity contribution in [1.29, 1.82) is 0 Å². The lowest BCUT2D eigenvalue weighted by atomic mass is 10.2. The van der Waals surface area contributed by atoms with Crippen molar-refractivity contribution in [2.75, 3.05) is 13.6 Å². The van der Waals surface area contributed by atoms with Gasteiger partial charge in [-0.05, 0) is 24.6 Å². The van der Waals surface area contributed by atoms with Crippen molar-refractivity contribution in [3.8, 4) is 0 Å². The molecule has 1 aromatic heterocycles. The molecule has 1 aromatic carbocycles. The Balaban J connectivity index is 1.81. The molecule has 0 aliphatic rings. The minimum atomic E-state index is -3.94. The zero-order valence-corrected chi connectivity index (χ0v) is 17.3. The van der Waals surface area contributed by atoms with Gasteiger partial charge in [0, 0.05) is 26.0 Å². The molecule has 2 aromatic rings. The Hall–Kier alpha value is -3.31. The van der Waals surface area contributed by atoms with Crippen LogP contribution in [0.3, 0.4) is 0 Å². The number of nitrogens with one attached hydrogen (secondary N) is 2. The highest BCUT2D eigenvalue weighted by Gasteiger charge is 2.26. The summed E-state index contributed by atoms with van der Waals surface area (Å²) in [7, 11) is -2.74. The number of imide groups is 1. The maximum absolute atomic E-state index is 12.4. The SMILES string of the molecule is CC(OC(=O)CN(C)S(=O)(=O)c1cccnc1)C(=O)NC(=O)NCc1ccccc1. The number of nitrogens with zero attached hydrogens (tertiary/aromatic N) is 2. The van der Waals surface area contributed by atoms with Crippen molar-refractivity contribution in [2.45, 2.75) is 24.5 Å². The predicted molar refractivity (Wildman–Crippen MR) is 106 cm³/mol. The van der Waals surface area contributed by atoms with Crippen molar-refractivity contribution in [3.63, 3.8) is 0 Å². The van der Waals surface area contributed by atoms with Crippen LogP contribution in [0.2, 0.25) is 0 Å². The van der Waals surface area contributed by atoms with Crippen LogP contribution in [0.15, 0.2) is 59.8 Å². The second-order valence-corrected chi connectivity index (χ2v) is 8.28. The van der Waals surface area contributed by atoms with Crippen LogP contribution in [0.4, 0.5) is 4.79 Å². The van der Waals surface area contributed by atoms with Gasteiger partial charge in [0.2, 0.25) is 10.0 Å². The quantitative estimate of drug-likeness (QED) is 0.583. The highest BCUT2D eigenvalue weighted by Crippen LogP contribution is 2.12. The van der Waals surface area contributed by atoms with Gasteiger partial charge in [-0.2, -0.15) is 4.31 Å². The fourth-order valence-electron chi connectivity index (χ4n) is 2.27. The van der Waals surface area contributed by atoms with Crippen LogP contribution >= 0.6 is 0 Å². The molecule has 2 N–H and O–H groups in total. The molecule has 11 heteroatoms. The van der Waals surface area contributed by atoms with Crippen LogP contribution in [0.25, 0.3) is 0 Å². The molecule has 1 unspecified atom stereocenters. The molecule has 3 amide bonds. The lowest BCUT2D eigenvalue weighted by Gasteiger charge is -2.18. The van der Waals surface area contributed by atoms with Crippen LogP contribution in [0.5, 0.6) is 0 Å². The maximum Gasteiger partial charge on any atom is 0.322 e. The smallest absolute Gasteiger partial charge is 0.322 e. The summed E-state index contributed by atoms with van der Waals surface area (Å²) in [5.41, 5.74) is 0.845. The zero-order chi connectivity index (χ0) is 22.1. The van der Waals surface area contributed by atoms with Crippen molar-refractivity contribution < 1.29 is 27.5 Å². The second kappa shape index (κ2) is 10.5. The minimum absolute atomic E-state index is 0.0822. The molecule has 160 valence electrons. The number of hydrogen-bond donors (Lipinski definition) is 2. The standard InChI is InChI=1S/C19H22N4O6S/c1-14(18(25)22-19(26)21-11-15-7-4-3-5-8-15)29-17(24)13-23(2)30(27,28)16-9-6-10-20-12-16/h3-10,12,14H,11,13H2,1-2H3,(H2,21,22,25,26). The summed E-state index contributed by atoms with van der Waals surface area (Å²) in [6, 6.07) is 11.1. The summed E-state index contributed by atoms with van der Waals surface area (Å²) >= 11 is 0. The van der Waals surface area contributed by atoms with Crippen LogP contribution in [0, 0.1) is 0 Å². The monoisotopic (exact) mass is 434 g/mol. The molecule has 0 saturated carbocycles. The Morgan fingerprint density at radius 1 is 1.13 bits per heavy atom. The first kappa shape index (κ1) is 23.0. The molecule has 1 heterocycles. The molecule has 0 spiro atoms. The third-order valence-corrected chi connectivity index (χ3v) is 5.69. The Kier molecular flexibility index (Phi) is 8.01. The summed E-state index contributed by atoms with van der Waals surface area (Å²) in [5, 5.41) is 4.56. The van der Waals surface area contributed by atoms with Crippen molar-refractivity contribution in [1.82, 2.24) is 19.9 Å². The van der Waals surface area contributed by atoms with E-state index in [4.69, 9.17) is 4.74 Å². The van der Waals surface area contributed by atoms with E-state index in [2.05, 4.69) is 15.6 Å². The maximum atomic E-state index is 12.4. The fourth-order valence-corrected chi connectivity index (χ4v) is 3.35. The number of likely N-dealkylation sites (N-methyl/N-ethyl adjacent to an activating group) is 1. The van der Waals surface area contributed by atoms with Crippen molar-refractivity contribution in [3.05, 3.63) is 60.4 Å². The van der Waals surface area contributed by atoms with Crippen molar-refractivity contribution >= 4 is 27.9 Å². The normalized spacial score (nSPS) is 12.1. The topological polar surface area (TPSA) is 135 Å². The number of amides is 3. The molecule has 0 aliphatic heterocycles. The van der Waals surface area contributed by atoms with E-state index in [9.17, 15) is 22.8 Å². The number of benzene rings is 1. The molecule has 0 fully saturated rings. The zero-order valence-electron chi connectivity index (χ0n) is 16.4. The minimum Gasteiger partial charge on any atom is -0.452 e. The van der Waals surface area contributed by atoms with Crippen LogP contribution in [-0.2, 0) is 30.9 Å². The van der Waals surface area contributed by atoms with E-state index in [1.54, 1.807) is 0 Å². The molecular weight excluding hydrogens is 412 g/mol. The summed E-state index contributed by atoms with van der Waals surface area (Å²) in [5.74, 6) is -1.79. The Morgan fingerprint density at radius 3 is 2.47 bits per heavy atom. The molecular formula is C19H22N4O6S. The van der Waals surface area contributed by atoms with Gasteiger partial charge in [-0.15, -0.1) is 0 Å². The Labute approximate surface area is 174 Å². The summed E-state index contributed by atoms with van der Waals surface area (Å²) in [6.07, 6.45) is 1.28. The summed E-state index contributed by atoms with van der Waals surface area (Å²) < 4.78 is 30.4. The second-order valence-electron chi connectivity index (χ2n) is 6.24. The molecule has 0 aliphatic carbocycles. The van der Waals surface area contributed by atoms with Gasteiger partial charge in [-0.3, -0.25) is 19.9 Å². The van der Waals surface area contributed by atoms with Crippen LogP contribution < -0.4 is 10.6 Å². The number of hydrogen-bond acceptors (Lipinski definition) is 7. The van der Waals surface area contributed by atoms with Gasteiger partial charge in [0.25, 0.3) is 5.91 Å². The van der Waals surface area contributed by atoms with Gasteiger partial charge in [-0.1, -0.05) is 30.3 Å². The van der Waals surface area contributed by atoms with Gasteiger partial charge < -0.3 is 10.1 Å². The highest BCUT2D eigenvalue weighted by molar-refractivity contribution is 7.89. The molecule has 10 nitrogen and oxygen atoms in total. The molecule has 0 radical (unpaired) electrons. The largest absolute Gasteiger partial charge is 0.452 e. The van der Waals surface area contributed by atoms with E-state index in [1.165, 1.54) is 32.3 Å². The van der Waals surface area contributed by atoms with E-state index >= 15 is 0 Å². The number of carbonyl (C=O) groups excluding carboxylic acids is 3. The third kappa shape index (κ3) is 6.64. The summed E-state index contributed by atoms with van der Waals surface area (Å²) in [6.45, 7) is 0.869. The number of ether oxygens (including phenoxy) is 1. The lowest BCUT2D eigenvalue weighted by molar-refractivity contribution is -0.154. The number of urea groups is 1. The molecule has 2 rings (SSSR count). The van der Waals surface area contributed by atoms with Gasteiger partial charge in [-0.25, -0.2) is 13.2 Å². The predicted octanol–water partition coefficient (Wildman–Crippen LogP) is 0.660. The third-order valence-electron chi connectivity index (χ3n) is 3.90.